The Morgan fingerprint density at radius 3 is 2.79 bits per heavy atom. The lowest BCUT2D eigenvalue weighted by atomic mass is 9.94. The number of amides is 1. The number of carbonyl (C=O) groups excluding carboxylic acids is 1. The van der Waals surface area contributed by atoms with Gasteiger partial charge in [0.05, 0.1) is 5.69 Å². The third-order valence-corrected chi connectivity index (χ3v) is 6.06. The molecule has 3 rings (SSSR count). The van der Waals surface area contributed by atoms with Crippen molar-refractivity contribution in [1.82, 2.24) is 14.8 Å². The van der Waals surface area contributed by atoms with E-state index < -0.39 is 0 Å². The molecule has 1 aromatic heterocycles. The Kier molecular flexibility index (Phi) is 6.08. The summed E-state index contributed by atoms with van der Waals surface area (Å²) in [6.07, 6.45) is 5.60. The van der Waals surface area contributed by atoms with E-state index in [1.807, 2.05) is 10.3 Å². The second kappa shape index (κ2) is 8.27. The van der Waals surface area contributed by atoms with Gasteiger partial charge in [0.1, 0.15) is 0 Å². The summed E-state index contributed by atoms with van der Waals surface area (Å²) in [5, 5.41) is 11.8. The molecule has 1 atom stereocenters. The smallest absolute Gasteiger partial charge is 0.223 e. The summed E-state index contributed by atoms with van der Waals surface area (Å²) in [5.41, 5.74) is 6.56. The van der Waals surface area contributed by atoms with Crippen LogP contribution in [0.3, 0.4) is 0 Å². The molecule has 0 unspecified atom stereocenters. The average molecular weight is 353 g/mol. The molecule has 24 heavy (non-hydrogen) atoms. The highest BCUT2D eigenvalue weighted by Gasteiger charge is 2.30. The molecule has 2 aliphatic heterocycles. The summed E-state index contributed by atoms with van der Waals surface area (Å²) in [7, 11) is 0. The van der Waals surface area contributed by atoms with Gasteiger partial charge in [-0.05, 0) is 51.1 Å². The van der Waals surface area contributed by atoms with Crippen LogP contribution in [-0.4, -0.2) is 64.6 Å². The van der Waals surface area contributed by atoms with Gasteiger partial charge in [-0.2, -0.15) is 0 Å². The van der Waals surface area contributed by atoms with Crippen LogP contribution in [-0.2, 0) is 11.2 Å². The molecule has 6 nitrogen and oxygen atoms in total. The van der Waals surface area contributed by atoms with Gasteiger partial charge in [-0.15, -0.1) is 11.3 Å². The fourth-order valence-corrected chi connectivity index (χ4v) is 4.41. The zero-order valence-electron chi connectivity index (χ0n) is 14.2. The van der Waals surface area contributed by atoms with Crippen molar-refractivity contribution in [1.29, 1.82) is 0 Å². The van der Waals surface area contributed by atoms with Gasteiger partial charge >= 0.3 is 0 Å². The zero-order chi connectivity index (χ0) is 16.9. The van der Waals surface area contributed by atoms with E-state index in [4.69, 9.17) is 5.73 Å². The summed E-state index contributed by atoms with van der Waals surface area (Å²) in [4.78, 5) is 21.3. The predicted molar refractivity (Wildman–Crippen MR) is 95.8 cm³/mol. The Balaban J connectivity index is 1.47. The minimum Gasteiger partial charge on any atom is -0.396 e. The number of likely N-dealkylation sites (tertiary alicyclic amines) is 2. The van der Waals surface area contributed by atoms with Crippen LogP contribution in [0.5, 0.6) is 0 Å². The van der Waals surface area contributed by atoms with Crippen molar-refractivity contribution in [3.63, 3.8) is 0 Å². The molecule has 134 valence electrons. The predicted octanol–water partition coefficient (Wildman–Crippen LogP) is 1.35. The molecule has 0 aromatic carbocycles. The third kappa shape index (κ3) is 4.46. The van der Waals surface area contributed by atoms with Gasteiger partial charge in [0.15, 0.2) is 5.13 Å². The van der Waals surface area contributed by atoms with E-state index in [1.165, 1.54) is 17.8 Å². The van der Waals surface area contributed by atoms with Gasteiger partial charge < -0.3 is 15.7 Å². The van der Waals surface area contributed by atoms with E-state index in [0.29, 0.717) is 36.5 Å². The molecule has 2 saturated heterocycles. The number of carbonyl (C=O) groups is 1. The number of nitrogens with two attached hydrogens (primary N) is 1. The maximum Gasteiger partial charge on any atom is 0.223 e. The highest BCUT2D eigenvalue weighted by atomic mass is 32.1. The molecule has 3 heterocycles. The van der Waals surface area contributed by atoms with Crippen LogP contribution in [0, 0.1) is 5.92 Å². The van der Waals surface area contributed by atoms with Crippen molar-refractivity contribution in [2.24, 2.45) is 5.92 Å². The van der Waals surface area contributed by atoms with Crippen LogP contribution >= 0.6 is 11.3 Å². The Labute approximate surface area is 147 Å². The summed E-state index contributed by atoms with van der Waals surface area (Å²) in [5.74, 6) is 0.699. The number of rotatable bonds is 5. The van der Waals surface area contributed by atoms with Crippen LogP contribution in [0.15, 0.2) is 5.38 Å². The lowest BCUT2D eigenvalue weighted by Crippen LogP contribution is -2.52. The molecule has 1 amide bonds. The molecule has 3 N–H and O–H groups in total. The fourth-order valence-electron chi connectivity index (χ4n) is 3.81. The summed E-state index contributed by atoms with van der Waals surface area (Å²) in [6, 6.07) is 0.484. The molecule has 0 saturated carbocycles. The second-order valence-corrected chi connectivity index (χ2v) is 7.86. The number of hydrogen-bond donors (Lipinski definition) is 2. The number of aryl methyl sites for hydroxylation is 1. The van der Waals surface area contributed by atoms with Gasteiger partial charge in [0.2, 0.25) is 5.91 Å². The molecule has 0 spiro atoms. The van der Waals surface area contributed by atoms with Crippen LogP contribution < -0.4 is 5.73 Å². The molecule has 2 fully saturated rings. The molecule has 2 aliphatic rings. The van der Waals surface area contributed by atoms with E-state index in [1.54, 1.807) is 0 Å². The number of hydrogen-bond acceptors (Lipinski definition) is 6. The van der Waals surface area contributed by atoms with Crippen LogP contribution in [0.4, 0.5) is 5.13 Å². The monoisotopic (exact) mass is 352 g/mol. The topological polar surface area (TPSA) is 82.7 Å². The van der Waals surface area contributed by atoms with Crippen molar-refractivity contribution in [2.45, 2.75) is 44.6 Å². The van der Waals surface area contributed by atoms with Crippen molar-refractivity contribution < 1.29 is 9.90 Å². The molecule has 7 heteroatoms. The van der Waals surface area contributed by atoms with Crippen LogP contribution in [0.25, 0.3) is 0 Å². The van der Waals surface area contributed by atoms with Crippen LogP contribution in [0.1, 0.15) is 37.8 Å². The summed E-state index contributed by atoms with van der Waals surface area (Å²) < 4.78 is 0. The van der Waals surface area contributed by atoms with Gasteiger partial charge in [0, 0.05) is 37.5 Å². The van der Waals surface area contributed by atoms with Crippen molar-refractivity contribution in [2.75, 3.05) is 38.5 Å². The van der Waals surface area contributed by atoms with Crippen molar-refractivity contribution >= 4 is 22.4 Å². The second-order valence-electron chi connectivity index (χ2n) is 6.97. The van der Waals surface area contributed by atoms with Crippen molar-refractivity contribution in [3.8, 4) is 0 Å². The van der Waals surface area contributed by atoms with Gasteiger partial charge in [-0.25, -0.2) is 4.98 Å². The number of thiazole rings is 1. The quantitative estimate of drug-likeness (QED) is 0.836. The first-order valence-corrected chi connectivity index (χ1v) is 9.86. The fraction of sp³-hybridized carbons (Fsp3) is 0.765. The lowest BCUT2D eigenvalue weighted by molar-refractivity contribution is -0.133. The first-order chi connectivity index (χ1) is 11.7. The van der Waals surface area contributed by atoms with E-state index >= 15 is 0 Å². The first kappa shape index (κ1) is 17.6. The summed E-state index contributed by atoms with van der Waals surface area (Å²) >= 11 is 1.43. The first-order valence-electron chi connectivity index (χ1n) is 8.98. The number of piperidine rings is 2. The van der Waals surface area contributed by atoms with Gasteiger partial charge in [-0.3, -0.25) is 9.69 Å². The minimum absolute atomic E-state index is 0.233. The Hall–Kier alpha value is -1.18. The number of aliphatic hydroxyl groups excluding tert-OH is 1. The number of nitrogen functional groups attached to an aromatic ring is 1. The van der Waals surface area contributed by atoms with Gasteiger partial charge in [0.25, 0.3) is 0 Å². The number of nitrogens with zero attached hydrogens (tertiary/aromatic N) is 3. The van der Waals surface area contributed by atoms with E-state index in [0.717, 1.165) is 51.1 Å². The highest BCUT2D eigenvalue weighted by Crippen LogP contribution is 2.23. The largest absolute Gasteiger partial charge is 0.396 e. The maximum absolute atomic E-state index is 12.5. The van der Waals surface area contributed by atoms with E-state index in [-0.39, 0.29) is 5.91 Å². The lowest BCUT2D eigenvalue weighted by Gasteiger charge is -2.42. The van der Waals surface area contributed by atoms with E-state index in [9.17, 15) is 9.90 Å². The third-order valence-electron chi connectivity index (χ3n) is 5.34. The minimum atomic E-state index is 0.233. The van der Waals surface area contributed by atoms with Gasteiger partial charge in [-0.1, -0.05) is 0 Å². The maximum atomic E-state index is 12.5. The highest BCUT2D eigenvalue weighted by molar-refractivity contribution is 7.13. The number of aromatic nitrogens is 1. The Morgan fingerprint density at radius 2 is 2.12 bits per heavy atom. The van der Waals surface area contributed by atoms with Crippen LogP contribution in [0.2, 0.25) is 0 Å². The SMILES string of the molecule is Nc1nc(CCC(=O)N2CCC[C@H](N3CCC(CO)CC3)C2)cs1. The molecule has 0 bridgehead atoms. The standard InChI is InChI=1S/C17H28N4O2S/c18-17-19-14(12-24-17)3-4-16(23)21-7-1-2-15(10-21)20-8-5-13(11-22)6-9-20/h12-13,15,22H,1-11H2,(H2,18,19)/t15-/m0/s1. The number of anilines is 1. The average Bonchev–Trinajstić information content (AvgIpc) is 3.05. The van der Waals surface area contributed by atoms with Crippen molar-refractivity contribution in [3.05, 3.63) is 11.1 Å². The molecular formula is C17H28N4O2S. The molecule has 0 radical (unpaired) electrons. The zero-order valence-corrected chi connectivity index (χ0v) is 15.0. The summed E-state index contributed by atoms with van der Waals surface area (Å²) in [6.45, 7) is 4.14. The molecule has 1 aromatic rings. The Bertz CT molecular complexity index is 542. The molecule has 0 aliphatic carbocycles. The molecular weight excluding hydrogens is 324 g/mol. The van der Waals surface area contributed by atoms with E-state index in [2.05, 4.69) is 9.88 Å². The Morgan fingerprint density at radius 1 is 1.33 bits per heavy atom. The normalized spacial score (nSPS) is 23.5. The number of aliphatic hydroxyl groups is 1.